The second-order valence-corrected chi connectivity index (χ2v) is 16.4. The van der Waals surface area contributed by atoms with Gasteiger partial charge >= 0.3 is 11.9 Å². The highest BCUT2D eigenvalue weighted by Gasteiger charge is 2.49. The van der Waals surface area contributed by atoms with E-state index < -0.39 is 23.3 Å². The molecule has 2 atom stereocenters. The Kier molecular flexibility index (Phi) is 6.44. The standard InChI is InChI=1S/C52H30N4O6/c57-47-43(33-21-15-25-7-5-13-39-41(25)45(33)55-51(53-39)35-11-3-1-9-29(35)31-19-17-27(49(59)60)23-37(31)51)48(58)44(47)34-22-16-26-8-6-14-40-42(26)46(34)56-52(54-40)36-12-4-2-10-30(36)32-20-18-28(50(61)62)24-38(32)52/h1-24,53,55-57H,(H,59,60)(H,61,62)/b44-34+. The second-order valence-electron chi connectivity index (χ2n) is 16.4. The molecule has 6 N–H and O–H groups in total. The summed E-state index contributed by atoms with van der Waals surface area (Å²) in [6.45, 7) is 0. The highest BCUT2D eigenvalue weighted by molar-refractivity contribution is 6.52. The van der Waals surface area contributed by atoms with Gasteiger partial charge in [0, 0.05) is 49.5 Å². The lowest BCUT2D eigenvalue weighted by Crippen LogP contribution is -2.45. The van der Waals surface area contributed by atoms with Gasteiger partial charge in [-0.2, -0.15) is 0 Å². The minimum absolute atomic E-state index is 0.124. The summed E-state index contributed by atoms with van der Waals surface area (Å²) in [5, 5.41) is 48.3. The smallest absolute Gasteiger partial charge is 0.335 e. The van der Waals surface area contributed by atoms with E-state index in [1.165, 1.54) is 0 Å². The van der Waals surface area contributed by atoms with Crippen LogP contribution < -0.4 is 26.5 Å². The van der Waals surface area contributed by atoms with Gasteiger partial charge in [-0.1, -0.05) is 109 Å². The number of carbonyl (C=O) groups is 3. The number of anilines is 3. The van der Waals surface area contributed by atoms with Gasteiger partial charge in [-0.25, -0.2) is 14.6 Å². The zero-order valence-electron chi connectivity index (χ0n) is 32.4. The first-order valence-corrected chi connectivity index (χ1v) is 20.2. The number of fused-ring (bicyclic) bond motifs is 10. The van der Waals surface area contributed by atoms with Crippen molar-refractivity contribution >= 4 is 67.5 Å². The van der Waals surface area contributed by atoms with Crippen molar-refractivity contribution in [1.29, 1.82) is 0 Å². The van der Waals surface area contributed by atoms with E-state index in [0.717, 1.165) is 66.2 Å². The Morgan fingerprint density at radius 2 is 1.13 bits per heavy atom. The number of hydrogen-bond acceptors (Lipinski definition) is 8. The molecule has 2 unspecified atom stereocenters. The molecule has 0 saturated carbocycles. The van der Waals surface area contributed by atoms with Crippen molar-refractivity contribution in [1.82, 2.24) is 0 Å². The van der Waals surface area contributed by atoms with E-state index in [9.17, 15) is 29.7 Å². The third-order valence-electron chi connectivity index (χ3n) is 13.3. The van der Waals surface area contributed by atoms with Crippen molar-refractivity contribution in [2.45, 2.75) is 11.3 Å². The molecule has 62 heavy (non-hydrogen) atoms. The minimum Gasteiger partial charge on any atom is -0.506 e. The third kappa shape index (κ3) is 4.17. The van der Waals surface area contributed by atoms with Crippen LogP contribution in [-0.4, -0.2) is 33.0 Å². The van der Waals surface area contributed by atoms with Crippen LogP contribution in [0.3, 0.4) is 0 Å². The van der Waals surface area contributed by atoms with Gasteiger partial charge in [0.25, 0.3) is 0 Å². The number of aliphatic hydroxyl groups is 1. The van der Waals surface area contributed by atoms with E-state index in [-0.39, 0.29) is 33.8 Å². The molecule has 0 saturated heterocycles. The number of nitrogens with one attached hydrogen (secondary N) is 3. The third-order valence-corrected chi connectivity index (χ3v) is 13.3. The molecule has 3 aliphatic carbocycles. The van der Waals surface area contributed by atoms with Crippen LogP contribution in [0.25, 0.3) is 54.9 Å². The van der Waals surface area contributed by atoms with Crippen LogP contribution in [0, 0.1) is 0 Å². The lowest BCUT2D eigenvalue weighted by Gasteiger charge is -2.41. The number of carboxylic acids is 2. The van der Waals surface area contributed by atoms with Crippen LogP contribution in [0.2, 0.25) is 0 Å². The first-order valence-electron chi connectivity index (χ1n) is 20.2. The van der Waals surface area contributed by atoms with Crippen LogP contribution in [0.4, 0.5) is 17.1 Å². The fraction of sp³-hybridized carbons (Fsp3) is 0.0385. The number of Topliss-reactive ketones (excluding diaryl/α,β-unsaturated/α-hetero) is 1. The molecule has 2 aliphatic heterocycles. The Bertz CT molecular complexity index is 3690. The average Bonchev–Trinajstić information content (AvgIpc) is 3.70. The largest absolute Gasteiger partial charge is 0.506 e. The maximum Gasteiger partial charge on any atom is 0.335 e. The Morgan fingerprint density at radius 1 is 0.516 bits per heavy atom. The average molecular weight is 807 g/mol. The summed E-state index contributed by atoms with van der Waals surface area (Å²) in [4.78, 5) is 45.0. The van der Waals surface area contributed by atoms with Gasteiger partial charge in [0.15, 0.2) is 11.3 Å². The summed E-state index contributed by atoms with van der Waals surface area (Å²) >= 11 is 0. The van der Waals surface area contributed by atoms with Crippen LogP contribution in [0.1, 0.15) is 48.5 Å². The van der Waals surface area contributed by atoms with Crippen molar-refractivity contribution < 1.29 is 29.7 Å². The van der Waals surface area contributed by atoms with Gasteiger partial charge < -0.3 is 31.3 Å². The predicted molar refractivity (Wildman–Crippen MR) is 237 cm³/mol. The molecule has 8 aromatic rings. The Labute approximate surface area is 351 Å². The number of allylic oxidation sites excluding steroid dienone is 2. The molecule has 2 heterocycles. The number of ketones is 1. The van der Waals surface area contributed by atoms with E-state index in [2.05, 4.69) is 16.0 Å². The summed E-state index contributed by atoms with van der Waals surface area (Å²) < 4.78 is 0. The van der Waals surface area contributed by atoms with Gasteiger partial charge in [-0.15, -0.1) is 0 Å². The highest BCUT2D eigenvalue weighted by atomic mass is 16.4. The normalized spacial score (nSPS) is 20.1. The van der Waals surface area contributed by atoms with Crippen molar-refractivity contribution in [2.75, 3.05) is 16.0 Å². The Balaban J connectivity index is 1.03. The molecule has 0 fully saturated rings. The summed E-state index contributed by atoms with van der Waals surface area (Å²) in [7, 11) is 0. The van der Waals surface area contributed by atoms with E-state index in [1.54, 1.807) is 24.3 Å². The SMILES string of the molecule is O=C1C(c2ccc3cccc4c3c2NC2(N4)c3ccccc3-c3ccc(C(=O)O)cc32)=C(O)/C1=c1/ccc2cccc3c2c1NC1(N=3)c2ccccc2-c2ccc(C(=O)O)cc21. The number of hydrogen-bond donors (Lipinski definition) is 6. The monoisotopic (exact) mass is 806 g/mol. The molecule has 0 amide bonds. The van der Waals surface area contributed by atoms with E-state index >= 15 is 0 Å². The molecule has 0 aromatic heterocycles. The zero-order valence-corrected chi connectivity index (χ0v) is 32.4. The predicted octanol–water partition coefficient (Wildman–Crippen LogP) is 8.74. The molecule has 10 nitrogen and oxygen atoms in total. The summed E-state index contributed by atoms with van der Waals surface area (Å²) in [6.07, 6.45) is 0. The second kappa shape index (κ2) is 11.6. The molecule has 2 spiro atoms. The molecule has 13 rings (SSSR count). The van der Waals surface area contributed by atoms with Crippen molar-refractivity contribution in [3.05, 3.63) is 201 Å². The number of carboxylic acid groups (broad SMARTS) is 2. The number of carbonyl (C=O) groups excluding carboxylic acids is 1. The maximum atomic E-state index is 15.0. The fourth-order valence-electron chi connectivity index (χ4n) is 10.7. The van der Waals surface area contributed by atoms with Crippen molar-refractivity contribution in [3.8, 4) is 22.3 Å². The van der Waals surface area contributed by atoms with E-state index in [1.807, 2.05) is 121 Å². The first kappa shape index (κ1) is 34.4. The Hall–Kier alpha value is -8.50. The number of aromatic carboxylic acids is 2. The molecule has 0 radical (unpaired) electrons. The van der Waals surface area contributed by atoms with Gasteiger partial charge in [-0.05, 0) is 69.4 Å². The summed E-state index contributed by atoms with van der Waals surface area (Å²) in [5.41, 5.74) is 7.45. The molecule has 0 bridgehead atoms. The van der Waals surface area contributed by atoms with Crippen molar-refractivity contribution in [2.24, 2.45) is 4.99 Å². The first-order chi connectivity index (χ1) is 30.2. The quantitative estimate of drug-likeness (QED) is 0.103. The van der Waals surface area contributed by atoms with E-state index in [4.69, 9.17) is 4.99 Å². The van der Waals surface area contributed by atoms with Crippen LogP contribution in [0.15, 0.2) is 156 Å². The number of aliphatic hydroxyl groups excluding tert-OH is 1. The number of benzene rings is 8. The fourth-order valence-corrected chi connectivity index (χ4v) is 10.7. The summed E-state index contributed by atoms with van der Waals surface area (Å²) in [5.74, 6) is -2.61. The maximum absolute atomic E-state index is 15.0. The number of rotatable bonds is 3. The Morgan fingerprint density at radius 3 is 1.87 bits per heavy atom. The topological polar surface area (TPSA) is 160 Å². The van der Waals surface area contributed by atoms with Gasteiger partial charge in [-0.3, -0.25) is 4.79 Å². The van der Waals surface area contributed by atoms with Crippen LogP contribution in [-0.2, 0) is 16.1 Å². The molecule has 5 aliphatic rings. The molecule has 8 aromatic carbocycles. The van der Waals surface area contributed by atoms with Gasteiger partial charge in [0.1, 0.15) is 5.76 Å². The highest BCUT2D eigenvalue weighted by Crippen LogP contribution is 2.56. The summed E-state index contributed by atoms with van der Waals surface area (Å²) in [6, 6.07) is 45.3. The molecular formula is C52H30N4O6. The van der Waals surface area contributed by atoms with E-state index in [0.29, 0.717) is 33.1 Å². The lowest BCUT2D eigenvalue weighted by molar-refractivity contribution is -0.109. The van der Waals surface area contributed by atoms with Crippen molar-refractivity contribution in [3.63, 3.8) is 0 Å². The van der Waals surface area contributed by atoms with Gasteiger partial charge in [0.05, 0.1) is 39.0 Å². The van der Waals surface area contributed by atoms with Crippen LogP contribution in [0.5, 0.6) is 0 Å². The molecule has 10 heteroatoms. The lowest BCUT2D eigenvalue weighted by atomic mass is 9.79. The molecule has 294 valence electrons. The van der Waals surface area contributed by atoms with Crippen LogP contribution >= 0.6 is 0 Å². The zero-order chi connectivity index (χ0) is 41.8. The number of nitrogens with zero attached hydrogens (tertiary/aromatic N) is 1. The molecular weight excluding hydrogens is 777 g/mol. The minimum atomic E-state index is -1.23. The van der Waals surface area contributed by atoms with Gasteiger partial charge in [0.2, 0.25) is 5.78 Å².